The van der Waals surface area contributed by atoms with Crippen LogP contribution in [-0.4, -0.2) is 54.1 Å². The lowest BCUT2D eigenvalue weighted by Gasteiger charge is -2.23. The molecule has 0 spiro atoms. The number of methoxy groups -OCH3 is 1. The molecular weight excluding hydrogens is 407 g/mol. The van der Waals surface area contributed by atoms with Crippen LogP contribution in [0.5, 0.6) is 0 Å². The molecule has 0 radical (unpaired) electrons. The summed E-state index contributed by atoms with van der Waals surface area (Å²) in [4.78, 5) is 34.0. The van der Waals surface area contributed by atoms with E-state index in [1.54, 1.807) is 4.90 Å². The number of halogens is 3. The van der Waals surface area contributed by atoms with E-state index in [2.05, 4.69) is 14.7 Å². The van der Waals surface area contributed by atoms with E-state index in [4.69, 9.17) is 0 Å². The molecule has 0 atom stereocenters. The molecule has 0 bridgehead atoms. The normalized spacial score (nSPS) is 14.9. The zero-order valence-corrected chi connectivity index (χ0v) is 15.9. The molecule has 1 saturated heterocycles. The van der Waals surface area contributed by atoms with Gasteiger partial charge in [-0.25, -0.2) is 14.8 Å². The van der Waals surface area contributed by atoms with Gasteiger partial charge in [0.2, 0.25) is 5.82 Å². The van der Waals surface area contributed by atoms with Gasteiger partial charge < -0.3 is 14.5 Å². The lowest BCUT2D eigenvalue weighted by molar-refractivity contribution is -0.384. The van der Waals surface area contributed by atoms with Gasteiger partial charge in [0.15, 0.2) is 0 Å². The fourth-order valence-corrected chi connectivity index (χ4v) is 3.15. The Balaban J connectivity index is 1.78. The van der Waals surface area contributed by atoms with Crippen LogP contribution in [0.15, 0.2) is 30.6 Å². The number of anilines is 2. The van der Waals surface area contributed by atoms with E-state index >= 15 is 0 Å². The highest BCUT2D eigenvalue weighted by molar-refractivity contribution is 5.90. The third-order valence-electron chi connectivity index (χ3n) is 4.66. The van der Waals surface area contributed by atoms with Gasteiger partial charge in [-0.05, 0) is 18.6 Å². The van der Waals surface area contributed by atoms with E-state index in [-0.39, 0.29) is 17.1 Å². The number of pyridine rings is 2. The average molecular weight is 425 g/mol. The Morgan fingerprint density at radius 1 is 1.13 bits per heavy atom. The molecule has 1 aliphatic heterocycles. The van der Waals surface area contributed by atoms with E-state index in [1.165, 1.54) is 19.4 Å². The van der Waals surface area contributed by atoms with Crippen molar-refractivity contribution in [2.75, 3.05) is 43.1 Å². The zero-order valence-electron chi connectivity index (χ0n) is 15.9. The summed E-state index contributed by atoms with van der Waals surface area (Å²) < 4.78 is 42.7. The molecular formula is C18H18F3N5O4. The Bertz CT molecular complexity index is 936. The maximum absolute atomic E-state index is 12.7. The van der Waals surface area contributed by atoms with Crippen molar-refractivity contribution in [2.45, 2.75) is 12.6 Å². The number of alkyl halides is 3. The van der Waals surface area contributed by atoms with Gasteiger partial charge in [0.25, 0.3) is 0 Å². The van der Waals surface area contributed by atoms with Crippen molar-refractivity contribution in [3.8, 4) is 0 Å². The number of ether oxygens (including phenoxy) is 1. The number of hydrogen-bond acceptors (Lipinski definition) is 8. The van der Waals surface area contributed by atoms with Gasteiger partial charge >= 0.3 is 17.8 Å². The SMILES string of the molecule is COC(=O)c1cnc(N2CCCN(c3ccc(C(F)(F)F)cn3)CC2)c([N+](=O)[O-])c1. The van der Waals surface area contributed by atoms with Crippen molar-refractivity contribution in [3.05, 3.63) is 51.8 Å². The Hall–Kier alpha value is -3.44. The maximum atomic E-state index is 12.7. The summed E-state index contributed by atoms with van der Waals surface area (Å²) in [5.41, 5.74) is -1.18. The number of hydrogen-bond donors (Lipinski definition) is 0. The molecule has 160 valence electrons. The molecule has 2 aromatic rings. The molecule has 9 nitrogen and oxygen atoms in total. The average Bonchev–Trinajstić information content (AvgIpc) is 2.98. The standard InChI is InChI=1S/C18H18F3N5O4/c1-30-17(27)12-9-14(26(28)29)16(23-10-12)25-6-2-5-24(7-8-25)15-4-3-13(11-22-15)18(19,20)21/h3-4,9-11H,2,5-8H2,1H3. The van der Waals surface area contributed by atoms with Gasteiger partial charge in [-0.15, -0.1) is 0 Å². The summed E-state index contributed by atoms with van der Waals surface area (Å²) >= 11 is 0. The van der Waals surface area contributed by atoms with Crippen molar-refractivity contribution in [1.82, 2.24) is 9.97 Å². The van der Waals surface area contributed by atoms with Crippen LogP contribution in [0.1, 0.15) is 22.3 Å². The molecule has 3 heterocycles. The monoisotopic (exact) mass is 425 g/mol. The molecule has 1 aliphatic rings. The summed E-state index contributed by atoms with van der Waals surface area (Å²) in [6.45, 7) is 1.69. The van der Waals surface area contributed by atoms with Crippen molar-refractivity contribution < 1.29 is 27.6 Å². The molecule has 0 unspecified atom stereocenters. The van der Waals surface area contributed by atoms with Gasteiger partial charge in [-0.1, -0.05) is 0 Å². The molecule has 0 aromatic carbocycles. The molecule has 30 heavy (non-hydrogen) atoms. The largest absolute Gasteiger partial charge is 0.465 e. The molecule has 1 fully saturated rings. The van der Waals surface area contributed by atoms with E-state index in [0.717, 1.165) is 18.3 Å². The predicted molar refractivity (Wildman–Crippen MR) is 101 cm³/mol. The van der Waals surface area contributed by atoms with E-state index in [0.29, 0.717) is 38.4 Å². The zero-order chi connectivity index (χ0) is 21.9. The second kappa shape index (κ2) is 8.51. The van der Waals surface area contributed by atoms with Crippen LogP contribution in [0.2, 0.25) is 0 Å². The van der Waals surface area contributed by atoms with Gasteiger partial charge in [0, 0.05) is 44.6 Å². The van der Waals surface area contributed by atoms with Crippen LogP contribution in [0.3, 0.4) is 0 Å². The highest BCUT2D eigenvalue weighted by atomic mass is 19.4. The highest BCUT2D eigenvalue weighted by Gasteiger charge is 2.31. The lowest BCUT2D eigenvalue weighted by Crippen LogP contribution is -2.32. The molecule has 0 N–H and O–H groups in total. The minimum atomic E-state index is -4.46. The Morgan fingerprint density at radius 2 is 1.83 bits per heavy atom. The van der Waals surface area contributed by atoms with Crippen molar-refractivity contribution in [2.24, 2.45) is 0 Å². The number of nitrogens with zero attached hydrogens (tertiary/aromatic N) is 5. The quantitative estimate of drug-likeness (QED) is 0.419. The van der Waals surface area contributed by atoms with Crippen molar-refractivity contribution >= 4 is 23.3 Å². The van der Waals surface area contributed by atoms with Crippen LogP contribution in [0, 0.1) is 10.1 Å². The van der Waals surface area contributed by atoms with E-state index in [9.17, 15) is 28.1 Å². The first kappa shape index (κ1) is 21.3. The summed E-state index contributed by atoms with van der Waals surface area (Å²) in [5.74, 6) is -0.212. The van der Waals surface area contributed by atoms with Gasteiger partial charge in [0.05, 0.1) is 23.2 Å². The summed E-state index contributed by atoms with van der Waals surface area (Å²) in [7, 11) is 1.17. The second-order valence-corrected chi connectivity index (χ2v) is 6.55. The third-order valence-corrected chi connectivity index (χ3v) is 4.66. The number of esters is 1. The first-order valence-electron chi connectivity index (χ1n) is 8.96. The second-order valence-electron chi connectivity index (χ2n) is 6.55. The van der Waals surface area contributed by atoms with Crippen LogP contribution in [-0.2, 0) is 10.9 Å². The van der Waals surface area contributed by atoms with Gasteiger partial charge in [-0.2, -0.15) is 13.2 Å². The lowest BCUT2D eigenvalue weighted by atomic mass is 10.2. The summed E-state index contributed by atoms with van der Waals surface area (Å²) in [5, 5.41) is 11.5. The number of nitro groups is 1. The minimum absolute atomic E-state index is 0.0293. The van der Waals surface area contributed by atoms with E-state index < -0.39 is 22.6 Å². The highest BCUT2D eigenvalue weighted by Crippen LogP contribution is 2.30. The summed E-state index contributed by atoms with van der Waals surface area (Å²) in [6.07, 6.45) is -1.87. The molecule has 0 saturated carbocycles. The molecule has 0 aliphatic carbocycles. The molecule has 3 rings (SSSR count). The molecule has 2 aromatic heterocycles. The Labute approximate surface area is 169 Å². The Kier molecular flexibility index (Phi) is 6.04. The van der Waals surface area contributed by atoms with Gasteiger partial charge in [-0.3, -0.25) is 10.1 Å². The molecule has 12 heteroatoms. The minimum Gasteiger partial charge on any atom is -0.465 e. The third kappa shape index (κ3) is 4.58. The summed E-state index contributed by atoms with van der Waals surface area (Å²) in [6, 6.07) is 3.40. The van der Waals surface area contributed by atoms with E-state index in [1.807, 2.05) is 4.90 Å². The van der Waals surface area contributed by atoms with Crippen LogP contribution in [0.25, 0.3) is 0 Å². The topological polar surface area (TPSA) is 102 Å². The first-order chi connectivity index (χ1) is 14.2. The van der Waals surface area contributed by atoms with Crippen molar-refractivity contribution in [1.29, 1.82) is 0 Å². The van der Waals surface area contributed by atoms with Gasteiger partial charge in [0.1, 0.15) is 5.82 Å². The van der Waals surface area contributed by atoms with Crippen LogP contribution in [0.4, 0.5) is 30.5 Å². The predicted octanol–water partition coefficient (Wildman–Crippen LogP) is 2.91. The Morgan fingerprint density at radius 3 is 2.43 bits per heavy atom. The first-order valence-corrected chi connectivity index (χ1v) is 8.96. The van der Waals surface area contributed by atoms with Crippen molar-refractivity contribution in [3.63, 3.8) is 0 Å². The number of carbonyl (C=O) groups is 1. The van der Waals surface area contributed by atoms with Crippen LogP contribution >= 0.6 is 0 Å². The number of carbonyl (C=O) groups excluding carboxylic acids is 1. The van der Waals surface area contributed by atoms with Crippen LogP contribution < -0.4 is 9.80 Å². The number of rotatable bonds is 4. The smallest absolute Gasteiger partial charge is 0.417 e. The maximum Gasteiger partial charge on any atom is 0.417 e. The fourth-order valence-electron chi connectivity index (χ4n) is 3.15. The fraction of sp³-hybridized carbons (Fsp3) is 0.389. The molecule has 0 amide bonds. The number of aromatic nitrogens is 2.